The SMILES string of the molecule is N#Cc1ccc(Cl)cc1NCCc1nccn1C(F)F. The summed E-state index contributed by atoms with van der Waals surface area (Å²) >= 11 is 5.85. The summed E-state index contributed by atoms with van der Waals surface area (Å²) in [5, 5.41) is 12.5. The Kier molecular flexibility index (Phi) is 4.53. The van der Waals surface area contributed by atoms with Crippen molar-refractivity contribution in [1.29, 1.82) is 5.26 Å². The van der Waals surface area contributed by atoms with E-state index in [1.165, 1.54) is 12.4 Å². The number of halogens is 3. The third-order valence-electron chi connectivity index (χ3n) is 2.73. The number of nitriles is 1. The van der Waals surface area contributed by atoms with Gasteiger partial charge in [-0.15, -0.1) is 0 Å². The molecule has 1 aromatic carbocycles. The van der Waals surface area contributed by atoms with Gasteiger partial charge in [0.2, 0.25) is 0 Å². The van der Waals surface area contributed by atoms with Gasteiger partial charge in [-0.05, 0) is 18.2 Å². The van der Waals surface area contributed by atoms with Crippen LogP contribution in [-0.4, -0.2) is 16.1 Å². The summed E-state index contributed by atoms with van der Waals surface area (Å²) in [6.07, 6.45) is 2.89. The minimum Gasteiger partial charge on any atom is -0.383 e. The molecule has 104 valence electrons. The summed E-state index contributed by atoms with van der Waals surface area (Å²) in [7, 11) is 0. The molecule has 0 aliphatic rings. The number of aromatic nitrogens is 2. The highest BCUT2D eigenvalue weighted by atomic mass is 35.5. The van der Waals surface area contributed by atoms with E-state index in [1.807, 2.05) is 6.07 Å². The lowest BCUT2D eigenvalue weighted by molar-refractivity contribution is 0.0671. The summed E-state index contributed by atoms with van der Waals surface area (Å²) < 4.78 is 26.1. The fraction of sp³-hybridized carbons (Fsp3) is 0.231. The monoisotopic (exact) mass is 296 g/mol. The predicted octanol–water partition coefficient (Wildman–Crippen LogP) is 3.46. The Bertz CT molecular complexity index is 634. The Balaban J connectivity index is 2.01. The van der Waals surface area contributed by atoms with Gasteiger partial charge in [0.15, 0.2) is 0 Å². The molecule has 0 atom stereocenters. The molecule has 0 radical (unpaired) electrons. The van der Waals surface area contributed by atoms with E-state index in [0.717, 1.165) is 4.57 Å². The average molecular weight is 297 g/mol. The minimum atomic E-state index is -2.60. The van der Waals surface area contributed by atoms with E-state index in [-0.39, 0.29) is 5.82 Å². The highest BCUT2D eigenvalue weighted by Gasteiger charge is 2.11. The summed E-state index contributed by atoms with van der Waals surface area (Å²) in [4.78, 5) is 3.88. The lowest BCUT2D eigenvalue weighted by atomic mass is 10.2. The first-order valence-electron chi connectivity index (χ1n) is 5.85. The van der Waals surface area contributed by atoms with E-state index in [4.69, 9.17) is 16.9 Å². The number of rotatable bonds is 5. The lowest BCUT2D eigenvalue weighted by Gasteiger charge is -2.09. The largest absolute Gasteiger partial charge is 0.383 e. The number of hydrogen-bond donors (Lipinski definition) is 1. The molecule has 2 aromatic rings. The van der Waals surface area contributed by atoms with Gasteiger partial charge in [-0.2, -0.15) is 14.0 Å². The number of benzene rings is 1. The molecule has 20 heavy (non-hydrogen) atoms. The smallest absolute Gasteiger partial charge is 0.319 e. The van der Waals surface area contributed by atoms with E-state index in [2.05, 4.69) is 10.3 Å². The molecule has 0 unspecified atom stereocenters. The molecule has 1 heterocycles. The summed E-state index contributed by atoms with van der Waals surface area (Å²) in [5.74, 6) is 0.285. The van der Waals surface area contributed by atoms with Crippen LogP contribution in [0.5, 0.6) is 0 Å². The molecular formula is C13H11ClF2N4. The zero-order valence-corrected chi connectivity index (χ0v) is 11.1. The van der Waals surface area contributed by atoms with Gasteiger partial charge < -0.3 is 5.32 Å². The lowest BCUT2D eigenvalue weighted by Crippen LogP contribution is -2.11. The molecule has 0 saturated heterocycles. The quantitative estimate of drug-likeness (QED) is 0.919. The number of nitrogens with zero attached hydrogens (tertiary/aromatic N) is 3. The van der Waals surface area contributed by atoms with E-state index in [1.54, 1.807) is 18.2 Å². The Hall–Kier alpha value is -2.13. The highest BCUT2D eigenvalue weighted by Crippen LogP contribution is 2.20. The van der Waals surface area contributed by atoms with Crippen LogP contribution in [0.25, 0.3) is 0 Å². The van der Waals surface area contributed by atoms with Crippen LogP contribution in [-0.2, 0) is 6.42 Å². The Morgan fingerprint density at radius 3 is 2.95 bits per heavy atom. The maximum Gasteiger partial charge on any atom is 0.319 e. The number of hydrogen-bond acceptors (Lipinski definition) is 3. The maximum absolute atomic E-state index is 12.6. The fourth-order valence-corrected chi connectivity index (χ4v) is 1.96. The molecule has 0 saturated carbocycles. The molecule has 0 bridgehead atoms. The molecule has 1 aromatic heterocycles. The summed E-state index contributed by atoms with van der Waals surface area (Å²) in [5.41, 5.74) is 1.03. The van der Waals surface area contributed by atoms with Crippen molar-refractivity contribution in [2.24, 2.45) is 0 Å². The van der Waals surface area contributed by atoms with Gasteiger partial charge in [0.1, 0.15) is 11.9 Å². The first-order valence-corrected chi connectivity index (χ1v) is 6.23. The molecule has 0 amide bonds. The molecule has 0 spiro atoms. The van der Waals surface area contributed by atoms with E-state index in [0.29, 0.717) is 29.2 Å². The van der Waals surface area contributed by atoms with Crippen LogP contribution in [0.2, 0.25) is 5.02 Å². The van der Waals surface area contributed by atoms with Crippen molar-refractivity contribution in [2.45, 2.75) is 13.0 Å². The Morgan fingerprint density at radius 1 is 1.45 bits per heavy atom. The summed E-state index contributed by atoms with van der Waals surface area (Å²) in [6, 6.07) is 6.88. The minimum absolute atomic E-state index is 0.285. The second kappa shape index (κ2) is 6.35. The maximum atomic E-state index is 12.6. The molecular weight excluding hydrogens is 286 g/mol. The third-order valence-corrected chi connectivity index (χ3v) is 2.96. The van der Waals surface area contributed by atoms with Crippen molar-refractivity contribution in [3.63, 3.8) is 0 Å². The molecule has 4 nitrogen and oxygen atoms in total. The number of imidazole rings is 1. The van der Waals surface area contributed by atoms with Gasteiger partial charge in [0.25, 0.3) is 0 Å². The van der Waals surface area contributed by atoms with Crippen molar-refractivity contribution < 1.29 is 8.78 Å². The Labute approximate surface area is 119 Å². The van der Waals surface area contributed by atoms with Gasteiger partial charge in [-0.3, -0.25) is 4.57 Å². The van der Waals surface area contributed by atoms with Crippen LogP contribution in [0, 0.1) is 11.3 Å². The van der Waals surface area contributed by atoms with Gasteiger partial charge in [-0.25, -0.2) is 4.98 Å². The standard InChI is InChI=1S/C13H11ClF2N4/c14-10-2-1-9(8-17)11(7-10)18-4-3-12-19-5-6-20(12)13(15)16/h1-2,5-7,13,18H,3-4H2. The van der Waals surface area contributed by atoms with Crippen LogP contribution < -0.4 is 5.32 Å². The van der Waals surface area contributed by atoms with Crippen LogP contribution in [0.3, 0.4) is 0 Å². The third kappa shape index (κ3) is 3.25. The molecule has 2 rings (SSSR count). The van der Waals surface area contributed by atoms with Gasteiger partial charge >= 0.3 is 6.55 Å². The van der Waals surface area contributed by atoms with Crippen molar-refractivity contribution >= 4 is 17.3 Å². The van der Waals surface area contributed by atoms with Gasteiger partial charge in [-0.1, -0.05) is 11.6 Å². The van der Waals surface area contributed by atoms with E-state index < -0.39 is 6.55 Å². The highest BCUT2D eigenvalue weighted by molar-refractivity contribution is 6.30. The molecule has 1 N–H and O–H groups in total. The molecule has 7 heteroatoms. The fourth-order valence-electron chi connectivity index (χ4n) is 1.78. The van der Waals surface area contributed by atoms with E-state index >= 15 is 0 Å². The predicted molar refractivity (Wildman–Crippen MR) is 71.8 cm³/mol. The first kappa shape index (κ1) is 14.3. The second-order valence-corrected chi connectivity index (χ2v) is 4.44. The van der Waals surface area contributed by atoms with Crippen molar-refractivity contribution in [3.05, 3.63) is 47.0 Å². The number of nitrogens with one attached hydrogen (secondary N) is 1. The van der Waals surface area contributed by atoms with Crippen LogP contribution in [0.4, 0.5) is 14.5 Å². The van der Waals surface area contributed by atoms with Gasteiger partial charge in [0, 0.05) is 30.4 Å². The van der Waals surface area contributed by atoms with Crippen molar-refractivity contribution in [1.82, 2.24) is 9.55 Å². The zero-order valence-electron chi connectivity index (χ0n) is 10.4. The van der Waals surface area contributed by atoms with E-state index in [9.17, 15) is 8.78 Å². The molecule has 0 fully saturated rings. The average Bonchev–Trinajstić information content (AvgIpc) is 2.87. The van der Waals surface area contributed by atoms with Crippen molar-refractivity contribution in [3.8, 4) is 6.07 Å². The first-order chi connectivity index (χ1) is 9.61. The number of anilines is 1. The van der Waals surface area contributed by atoms with Crippen LogP contribution in [0.1, 0.15) is 17.9 Å². The van der Waals surface area contributed by atoms with Crippen LogP contribution in [0.15, 0.2) is 30.6 Å². The van der Waals surface area contributed by atoms with Gasteiger partial charge in [0.05, 0.1) is 11.3 Å². The molecule has 0 aliphatic heterocycles. The topological polar surface area (TPSA) is 53.6 Å². The number of alkyl halides is 2. The zero-order chi connectivity index (χ0) is 14.5. The second-order valence-electron chi connectivity index (χ2n) is 4.01. The van der Waals surface area contributed by atoms with Crippen LogP contribution >= 0.6 is 11.6 Å². The molecule has 0 aliphatic carbocycles. The summed E-state index contributed by atoms with van der Waals surface area (Å²) in [6.45, 7) is -2.23. The van der Waals surface area contributed by atoms with Crippen molar-refractivity contribution in [2.75, 3.05) is 11.9 Å². The Morgan fingerprint density at radius 2 is 2.25 bits per heavy atom. The normalized spacial score (nSPS) is 10.6.